The lowest BCUT2D eigenvalue weighted by Crippen LogP contribution is -1.98. The minimum absolute atomic E-state index is 0.953. The van der Waals surface area contributed by atoms with Crippen molar-refractivity contribution in [1.82, 2.24) is 20.2 Å². The summed E-state index contributed by atoms with van der Waals surface area (Å²) in [7, 11) is 0. The molecular weight excluding hydrogens is 284 g/mol. The van der Waals surface area contributed by atoms with Crippen LogP contribution in [0.15, 0.2) is 18.5 Å². The molecule has 0 bridgehead atoms. The fourth-order valence-electron chi connectivity index (χ4n) is 2.80. The van der Waals surface area contributed by atoms with Crippen molar-refractivity contribution in [2.75, 3.05) is 0 Å². The molecule has 0 amide bonds. The molecule has 0 fully saturated rings. The Morgan fingerprint density at radius 1 is 0.739 bits per heavy atom. The standard InChI is InChI=1S/C19H36N4/c1-2-3-4-5-6-7-8-9-10-11-12-13-14-15-16-17-18-23-19-20-21-22-23/h9-10,19H,2-8,11-18H2,1H3/b10-9-. The second kappa shape index (κ2) is 15.7. The molecule has 1 rings (SSSR count). The second-order valence-electron chi connectivity index (χ2n) is 6.51. The van der Waals surface area contributed by atoms with Crippen molar-refractivity contribution in [2.45, 2.75) is 103 Å². The van der Waals surface area contributed by atoms with E-state index < -0.39 is 0 Å². The number of nitrogens with zero attached hydrogens (tertiary/aromatic N) is 4. The third kappa shape index (κ3) is 13.0. The van der Waals surface area contributed by atoms with Crippen molar-refractivity contribution < 1.29 is 0 Å². The summed E-state index contributed by atoms with van der Waals surface area (Å²) in [6.07, 6.45) is 25.3. The molecular formula is C19H36N4. The smallest absolute Gasteiger partial charge is 0.138 e. The maximum absolute atomic E-state index is 3.87. The molecule has 4 nitrogen and oxygen atoms in total. The monoisotopic (exact) mass is 320 g/mol. The lowest BCUT2D eigenvalue weighted by molar-refractivity contribution is 0.514. The number of unbranched alkanes of at least 4 members (excludes halogenated alkanes) is 12. The molecule has 0 spiro atoms. The Morgan fingerprint density at radius 3 is 1.87 bits per heavy atom. The highest BCUT2D eigenvalue weighted by Gasteiger charge is 1.94. The van der Waals surface area contributed by atoms with E-state index in [0.717, 1.165) is 6.54 Å². The summed E-state index contributed by atoms with van der Waals surface area (Å²) in [6, 6.07) is 0. The molecule has 0 aliphatic heterocycles. The number of hydrogen-bond donors (Lipinski definition) is 0. The van der Waals surface area contributed by atoms with Gasteiger partial charge < -0.3 is 0 Å². The van der Waals surface area contributed by atoms with E-state index in [4.69, 9.17) is 0 Å². The summed E-state index contributed by atoms with van der Waals surface area (Å²) in [4.78, 5) is 0. The third-order valence-electron chi connectivity index (χ3n) is 4.29. The molecule has 0 saturated carbocycles. The molecule has 1 aromatic rings. The first-order valence-electron chi connectivity index (χ1n) is 9.79. The minimum Gasteiger partial charge on any atom is -0.233 e. The quantitative estimate of drug-likeness (QED) is 0.289. The molecule has 23 heavy (non-hydrogen) atoms. The van der Waals surface area contributed by atoms with Gasteiger partial charge in [0.2, 0.25) is 0 Å². The van der Waals surface area contributed by atoms with E-state index in [1.165, 1.54) is 89.9 Å². The second-order valence-corrected chi connectivity index (χ2v) is 6.51. The van der Waals surface area contributed by atoms with E-state index in [1.807, 2.05) is 4.68 Å². The number of rotatable bonds is 16. The molecule has 1 heterocycles. The summed E-state index contributed by atoms with van der Waals surface area (Å²) in [6.45, 7) is 3.23. The van der Waals surface area contributed by atoms with Gasteiger partial charge in [-0.3, -0.25) is 0 Å². The fourth-order valence-corrected chi connectivity index (χ4v) is 2.80. The van der Waals surface area contributed by atoms with Gasteiger partial charge in [-0.05, 0) is 42.5 Å². The topological polar surface area (TPSA) is 43.6 Å². The van der Waals surface area contributed by atoms with E-state index in [-0.39, 0.29) is 0 Å². The van der Waals surface area contributed by atoms with Crippen molar-refractivity contribution in [3.63, 3.8) is 0 Å². The maximum Gasteiger partial charge on any atom is 0.138 e. The number of aryl methyl sites for hydroxylation is 1. The Kier molecular flexibility index (Phi) is 13.6. The van der Waals surface area contributed by atoms with Gasteiger partial charge in [0.1, 0.15) is 6.33 Å². The minimum atomic E-state index is 0.953. The lowest BCUT2D eigenvalue weighted by Gasteiger charge is -2.01. The molecule has 0 aromatic carbocycles. The molecule has 4 heteroatoms. The van der Waals surface area contributed by atoms with Gasteiger partial charge in [-0.1, -0.05) is 76.9 Å². The van der Waals surface area contributed by atoms with Gasteiger partial charge in [0.15, 0.2) is 0 Å². The van der Waals surface area contributed by atoms with E-state index >= 15 is 0 Å². The SMILES string of the molecule is CCCCCCCC/C=C\CCCCCCCCn1cnnn1. The van der Waals surface area contributed by atoms with Gasteiger partial charge in [0.05, 0.1) is 0 Å². The molecule has 1 aromatic heterocycles. The van der Waals surface area contributed by atoms with Gasteiger partial charge in [0, 0.05) is 6.54 Å². The first kappa shape index (κ1) is 19.9. The predicted octanol–water partition coefficient (Wildman–Crippen LogP) is 5.71. The van der Waals surface area contributed by atoms with Crippen molar-refractivity contribution in [3.8, 4) is 0 Å². The summed E-state index contributed by atoms with van der Waals surface area (Å²) < 4.78 is 1.81. The Morgan fingerprint density at radius 2 is 1.30 bits per heavy atom. The summed E-state index contributed by atoms with van der Waals surface area (Å²) in [5, 5.41) is 11.2. The molecule has 0 N–H and O–H groups in total. The number of aromatic nitrogens is 4. The molecule has 132 valence electrons. The number of hydrogen-bond acceptors (Lipinski definition) is 3. The zero-order valence-corrected chi connectivity index (χ0v) is 15.1. The normalized spacial score (nSPS) is 11.5. The van der Waals surface area contributed by atoms with Crippen LogP contribution < -0.4 is 0 Å². The lowest BCUT2D eigenvalue weighted by atomic mass is 10.1. The van der Waals surface area contributed by atoms with Crippen LogP contribution in [0.5, 0.6) is 0 Å². The van der Waals surface area contributed by atoms with E-state index in [2.05, 4.69) is 34.6 Å². The number of allylic oxidation sites excluding steroid dienone is 2. The zero-order chi connectivity index (χ0) is 16.4. The van der Waals surface area contributed by atoms with Gasteiger partial charge in [-0.2, -0.15) is 0 Å². The van der Waals surface area contributed by atoms with Crippen molar-refractivity contribution in [2.24, 2.45) is 0 Å². The Bertz CT molecular complexity index is 359. The Balaban J connectivity index is 1.73. The molecule has 0 unspecified atom stereocenters. The van der Waals surface area contributed by atoms with Crippen LogP contribution in [-0.4, -0.2) is 20.2 Å². The van der Waals surface area contributed by atoms with Crippen LogP contribution in [0, 0.1) is 0 Å². The van der Waals surface area contributed by atoms with Crippen LogP contribution in [0.2, 0.25) is 0 Å². The van der Waals surface area contributed by atoms with Crippen LogP contribution in [0.3, 0.4) is 0 Å². The van der Waals surface area contributed by atoms with Crippen molar-refractivity contribution in [1.29, 1.82) is 0 Å². The fraction of sp³-hybridized carbons (Fsp3) is 0.842. The van der Waals surface area contributed by atoms with E-state index in [9.17, 15) is 0 Å². The maximum atomic E-state index is 3.87. The van der Waals surface area contributed by atoms with Gasteiger partial charge >= 0.3 is 0 Å². The average molecular weight is 321 g/mol. The molecule has 0 atom stereocenters. The van der Waals surface area contributed by atoms with Gasteiger partial charge in [-0.25, -0.2) is 4.68 Å². The Labute approximate surface area is 142 Å². The third-order valence-corrected chi connectivity index (χ3v) is 4.29. The highest BCUT2D eigenvalue weighted by molar-refractivity contribution is 4.81. The molecule has 0 saturated heterocycles. The zero-order valence-electron chi connectivity index (χ0n) is 15.1. The van der Waals surface area contributed by atoms with Crippen LogP contribution in [0.1, 0.15) is 96.8 Å². The summed E-state index contributed by atoms with van der Waals surface area (Å²) in [5.41, 5.74) is 0. The molecule has 0 radical (unpaired) electrons. The number of tetrazole rings is 1. The molecule has 0 aliphatic rings. The predicted molar refractivity (Wildman–Crippen MR) is 97.3 cm³/mol. The highest BCUT2D eigenvalue weighted by atomic mass is 15.5. The summed E-state index contributed by atoms with van der Waals surface area (Å²) in [5.74, 6) is 0. The van der Waals surface area contributed by atoms with Crippen molar-refractivity contribution in [3.05, 3.63) is 18.5 Å². The van der Waals surface area contributed by atoms with Crippen LogP contribution in [0.25, 0.3) is 0 Å². The van der Waals surface area contributed by atoms with Crippen LogP contribution in [0.4, 0.5) is 0 Å². The van der Waals surface area contributed by atoms with Crippen molar-refractivity contribution >= 4 is 0 Å². The Hall–Kier alpha value is -1.19. The molecule has 0 aliphatic carbocycles. The van der Waals surface area contributed by atoms with Gasteiger partial charge in [0.25, 0.3) is 0 Å². The first-order chi connectivity index (χ1) is 11.4. The van der Waals surface area contributed by atoms with Crippen LogP contribution in [-0.2, 0) is 6.54 Å². The highest BCUT2D eigenvalue weighted by Crippen LogP contribution is 2.10. The first-order valence-corrected chi connectivity index (χ1v) is 9.79. The van der Waals surface area contributed by atoms with Crippen LogP contribution >= 0.6 is 0 Å². The summed E-state index contributed by atoms with van der Waals surface area (Å²) >= 11 is 0. The van der Waals surface area contributed by atoms with E-state index in [1.54, 1.807) is 6.33 Å². The van der Waals surface area contributed by atoms with Gasteiger partial charge in [-0.15, -0.1) is 5.10 Å². The average Bonchev–Trinajstić information content (AvgIpc) is 3.08. The largest absolute Gasteiger partial charge is 0.233 e. The van der Waals surface area contributed by atoms with E-state index in [0.29, 0.717) is 0 Å².